The van der Waals surface area contributed by atoms with Crippen LogP contribution in [0.1, 0.15) is 50.5 Å². The zero-order valence-electron chi connectivity index (χ0n) is 17.1. The van der Waals surface area contributed by atoms with Gasteiger partial charge in [0, 0.05) is 25.3 Å². The number of benzene rings is 1. The summed E-state index contributed by atoms with van der Waals surface area (Å²) in [5.41, 5.74) is 2.11. The van der Waals surface area contributed by atoms with E-state index >= 15 is 0 Å². The maximum Gasteiger partial charge on any atom is 0.331 e. The number of methoxy groups -OCH3 is 1. The van der Waals surface area contributed by atoms with Crippen LogP contribution in [0, 0.1) is 0 Å². The van der Waals surface area contributed by atoms with E-state index in [4.69, 9.17) is 23.7 Å². The topological polar surface area (TPSA) is 63.2 Å². The Morgan fingerprint density at radius 1 is 1.10 bits per heavy atom. The Balaban J connectivity index is 1.24. The normalized spacial score (nSPS) is 26.2. The summed E-state index contributed by atoms with van der Waals surface area (Å²) in [5.74, 6) is 0.146. The van der Waals surface area contributed by atoms with Gasteiger partial charge in [0.15, 0.2) is 5.79 Å². The van der Waals surface area contributed by atoms with E-state index in [1.807, 2.05) is 24.3 Å². The van der Waals surface area contributed by atoms with Crippen molar-refractivity contribution < 1.29 is 28.5 Å². The average Bonchev–Trinajstić information content (AvgIpc) is 3.10. The second-order valence-corrected chi connectivity index (χ2v) is 8.16. The first kappa shape index (κ1) is 20.4. The van der Waals surface area contributed by atoms with Crippen LogP contribution >= 0.6 is 0 Å². The highest BCUT2D eigenvalue weighted by Gasteiger charge is 2.42. The number of ether oxygens (including phenoxy) is 5. The predicted molar refractivity (Wildman–Crippen MR) is 106 cm³/mol. The van der Waals surface area contributed by atoms with Gasteiger partial charge in [-0.05, 0) is 37.0 Å². The molecular formula is C23H30O6. The fourth-order valence-corrected chi connectivity index (χ4v) is 4.39. The maximum absolute atomic E-state index is 12.0. The molecule has 1 aromatic carbocycles. The molecular weight excluding hydrogens is 372 g/mol. The lowest BCUT2D eigenvalue weighted by molar-refractivity contribution is -0.186. The number of cyclic esters (lactones) is 1. The molecule has 2 aliphatic heterocycles. The molecule has 0 radical (unpaired) electrons. The summed E-state index contributed by atoms with van der Waals surface area (Å²) in [5, 5.41) is 0. The Morgan fingerprint density at radius 3 is 2.66 bits per heavy atom. The highest BCUT2D eigenvalue weighted by atomic mass is 16.7. The van der Waals surface area contributed by atoms with E-state index in [1.54, 1.807) is 13.2 Å². The van der Waals surface area contributed by atoms with Crippen molar-refractivity contribution in [2.45, 2.75) is 69.5 Å². The summed E-state index contributed by atoms with van der Waals surface area (Å²) in [6.07, 6.45) is 8.30. The number of hydrogen-bond acceptors (Lipinski definition) is 6. The lowest BCUT2D eigenvalue weighted by Crippen LogP contribution is -2.33. The third kappa shape index (κ3) is 5.38. The molecule has 6 heteroatoms. The van der Waals surface area contributed by atoms with Crippen LogP contribution in [0.15, 0.2) is 35.9 Å². The highest BCUT2D eigenvalue weighted by molar-refractivity contribution is 5.83. The number of carbonyl (C=O) groups is 1. The second-order valence-electron chi connectivity index (χ2n) is 8.16. The minimum atomic E-state index is -0.375. The monoisotopic (exact) mass is 402 g/mol. The molecule has 0 amide bonds. The van der Waals surface area contributed by atoms with E-state index in [-0.39, 0.29) is 24.0 Å². The molecule has 2 fully saturated rings. The fourth-order valence-electron chi connectivity index (χ4n) is 4.39. The molecule has 3 aliphatic rings. The average molecular weight is 402 g/mol. The van der Waals surface area contributed by atoms with Crippen LogP contribution in [-0.2, 0) is 30.3 Å². The number of esters is 1. The van der Waals surface area contributed by atoms with Gasteiger partial charge in [-0.3, -0.25) is 0 Å². The molecule has 1 aromatic rings. The first-order valence-electron chi connectivity index (χ1n) is 10.6. The second kappa shape index (κ2) is 9.28. The first-order valence-corrected chi connectivity index (χ1v) is 10.6. The van der Waals surface area contributed by atoms with Crippen LogP contribution in [0.4, 0.5) is 0 Å². The van der Waals surface area contributed by atoms with Crippen molar-refractivity contribution in [1.82, 2.24) is 0 Å². The summed E-state index contributed by atoms with van der Waals surface area (Å²) >= 11 is 0. The van der Waals surface area contributed by atoms with E-state index in [2.05, 4.69) is 0 Å². The van der Waals surface area contributed by atoms with E-state index in [9.17, 15) is 4.79 Å². The van der Waals surface area contributed by atoms with Crippen molar-refractivity contribution in [3.63, 3.8) is 0 Å². The summed E-state index contributed by atoms with van der Waals surface area (Å²) in [6.45, 7) is 1.45. The van der Waals surface area contributed by atoms with Crippen LogP contribution in [0.2, 0.25) is 0 Å². The third-order valence-electron chi connectivity index (χ3n) is 5.85. The first-order chi connectivity index (χ1) is 14.1. The Labute approximate surface area is 172 Å². The quantitative estimate of drug-likeness (QED) is 0.644. The highest BCUT2D eigenvalue weighted by Crippen LogP contribution is 2.39. The Hall–Kier alpha value is -1.89. The van der Waals surface area contributed by atoms with Crippen molar-refractivity contribution in [1.29, 1.82) is 0 Å². The van der Waals surface area contributed by atoms with Gasteiger partial charge in [-0.15, -0.1) is 0 Å². The molecule has 1 saturated heterocycles. The molecule has 1 saturated carbocycles. The lowest BCUT2D eigenvalue weighted by atomic mass is 9.94. The molecule has 0 aromatic heterocycles. The van der Waals surface area contributed by atoms with Gasteiger partial charge in [0.05, 0.1) is 33.0 Å². The lowest BCUT2D eigenvalue weighted by Gasteiger charge is -2.32. The standard InChI is InChI=1S/C23H30O6/c1-25-19-7-5-17(6-8-19)14-26-15-20-11-18(13-22(24)28-20)12-21-16-27-23(29-21)9-3-2-4-10-23/h5-8,13,20-21H,2-4,9-12,14-16H2,1H3/t20-,21-/m1/s1. The molecule has 2 atom stereocenters. The van der Waals surface area contributed by atoms with Crippen molar-refractivity contribution in [3.8, 4) is 5.75 Å². The Bertz CT molecular complexity index is 719. The van der Waals surface area contributed by atoms with Gasteiger partial charge in [-0.25, -0.2) is 4.79 Å². The molecule has 0 N–H and O–H groups in total. The fraction of sp³-hybridized carbons (Fsp3) is 0.609. The van der Waals surface area contributed by atoms with E-state index < -0.39 is 0 Å². The molecule has 0 bridgehead atoms. The Kier molecular flexibility index (Phi) is 6.53. The van der Waals surface area contributed by atoms with Gasteiger partial charge in [0.25, 0.3) is 0 Å². The van der Waals surface area contributed by atoms with Crippen molar-refractivity contribution in [2.75, 3.05) is 20.3 Å². The third-order valence-corrected chi connectivity index (χ3v) is 5.85. The van der Waals surface area contributed by atoms with Crippen molar-refractivity contribution in [3.05, 3.63) is 41.5 Å². The molecule has 158 valence electrons. The number of carbonyl (C=O) groups excluding carboxylic acids is 1. The van der Waals surface area contributed by atoms with Crippen LogP contribution in [0.5, 0.6) is 5.75 Å². The van der Waals surface area contributed by atoms with Gasteiger partial charge < -0.3 is 23.7 Å². The van der Waals surface area contributed by atoms with Gasteiger partial charge in [-0.1, -0.05) is 24.1 Å². The van der Waals surface area contributed by atoms with Gasteiger partial charge in [-0.2, -0.15) is 0 Å². The molecule has 1 aliphatic carbocycles. The van der Waals surface area contributed by atoms with Crippen molar-refractivity contribution in [2.24, 2.45) is 0 Å². The largest absolute Gasteiger partial charge is 0.497 e. The molecule has 0 unspecified atom stereocenters. The summed E-state index contributed by atoms with van der Waals surface area (Å²) in [7, 11) is 1.64. The summed E-state index contributed by atoms with van der Waals surface area (Å²) in [4.78, 5) is 12.0. The van der Waals surface area contributed by atoms with Crippen LogP contribution in [-0.4, -0.2) is 44.3 Å². The molecule has 4 rings (SSSR count). The smallest absolute Gasteiger partial charge is 0.331 e. The summed E-state index contributed by atoms with van der Waals surface area (Å²) in [6, 6.07) is 7.75. The minimum Gasteiger partial charge on any atom is -0.497 e. The van der Waals surface area contributed by atoms with Crippen LogP contribution in [0.25, 0.3) is 0 Å². The van der Waals surface area contributed by atoms with E-state index in [0.717, 1.165) is 42.6 Å². The molecule has 2 heterocycles. The molecule has 6 nitrogen and oxygen atoms in total. The van der Waals surface area contributed by atoms with Crippen LogP contribution in [0.3, 0.4) is 0 Å². The summed E-state index contributed by atoms with van der Waals surface area (Å²) < 4.78 is 28.7. The number of rotatable bonds is 7. The van der Waals surface area contributed by atoms with Gasteiger partial charge in [0.1, 0.15) is 11.9 Å². The van der Waals surface area contributed by atoms with Gasteiger partial charge >= 0.3 is 5.97 Å². The molecule has 1 spiro atoms. The van der Waals surface area contributed by atoms with Crippen molar-refractivity contribution >= 4 is 5.97 Å². The zero-order valence-corrected chi connectivity index (χ0v) is 17.1. The molecule has 29 heavy (non-hydrogen) atoms. The number of hydrogen-bond donors (Lipinski definition) is 0. The van der Waals surface area contributed by atoms with E-state index in [0.29, 0.717) is 32.7 Å². The Morgan fingerprint density at radius 2 is 1.90 bits per heavy atom. The van der Waals surface area contributed by atoms with E-state index in [1.165, 1.54) is 6.42 Å². The zero-order chi connectivity index (χ0) is 20.1. The SMILES string of the molecule is COc1ccc(COC[C@H]2CC(C[C@@H]3COC4(CCCCC4)O3)=CC(=O)O2)cc1. The van der Waals surface area contributed by atoms with Gasteiger partial charge in [0.2, 0.25) is 0 Å². The predicted octanol–water partition coefficient (Wildman–Crippen LogP) is 3.92. The van der Waals surface area contributed by atoms with Crippen LogP contribution < -0.4 is 4.74 Å². The minimum absolute atomic E-state index is 0.0196. The maximum atomic E-state index is 12.0.